The van der Waals surface area contributed by atoms with Crippen molar-refractivity contribution >= 4 is 16.2 Å². The van der Waals surface area contributed by atoms with Crippen molar-refractivity contribution in [2.24, 2.45) is 5.10 Å². The third-order valence-corrected chi connectivity index (χ3v) is 4.86. The second-order valence-corrected chi connectivity index (χ2v) is 7.07. The predicted molar refractivity (Wildman–Crippen MR) is 106 cm³/mol. The van der Waals surface area contributed by atoms with Crippen molar-refractivity contribution in [3.8, 4) is 23.0 Å². The van der Waals surface area contributed by atoms with Crippen molar-refractivity contribution in [1.29, 1.82) is 0 Å². The van der Waals surface area contributed by atoms with E-state index in [0.717, 1.165) is 0 Å². The van der Waals surface area contributed by atoms with Gasteiger partial charge in [0.25, 0.3) is 10.0 Å². The van der Waals surface area contributed by atoms with Crippen LogP contribution in [0.4, 0.5) is 0 Å². The Bertz CT molecular complexity index is 928. The highest BCUT2D eigenvalue weighted by molar-refractivity contribution is 7.89. The van der Waals surface area contributed by atoms with Gasteiger partial charge in [-0.1, -0.05) is 0 Å². The first-order valence-corrected chi connectivity index (χ1v) is 10.1. The van der Waals surface area contributed by atoms with Gasteiger partial charge in [0.2, 0.25) is 0 Å². The first-order chi connectivity index (χ1) is 13.4. The van der Waals surface area contributed by atoms with E-state index in [0.29, 0.717) is 36.0 Å². The fraction of sp³-hybridized carbons (Fsp3) is 0.316. The summed E-state index contributed by atoms with van der Waals surface area (Å²) in [5.41, 5.74) is 0.646. The number of sulfonamides is 1. The topological polar surface area (TPSA) is 95.5 Å². The zero-order valence-electron chi connectivity index (χ0n) is 16.3. The Hall–Kier alpha value is -2.94. The predicted octanol–water partition coefficient (Wildman–Crippen LogP) is 2.81. The molecule has 0 aliphatic carbocycles. The van der Waals surface area contributed by atoms with Crippen LogP contribution in [0.3, 0.4) is 0 Å². The Morgan fingerprint density at radius 1 is 0.929 bits per heavy atom. The largest absolute Gasteiger partial charge is 0.497 e. The minimum absolute atomic E-state index is 0.0757. The molecule has 8 nitrogen and oxygen atoms in total. The van der Waals surface area contributed by atoms with E-state index >= 15 is 0 Å². The second kappa shape index (κ2) is 9.84. The molecule has 152 valence electrons. The molecule has 2 rings (SSSR count). The number of hydrogen-bond donors (Lipinski definition) is 1. The molecule has 0 bridgehead atoms. The maximum atomic E-state index is 12.6. The molecule has 0 saturated carbocycles. The van der Waals surface area contributed by atoms with Gasteiger partial charge >= 0.3 is 0 Å². The van der Waals surface area contributed by atoms with E-state index in [1.807, 2.05) is 13.8 Å². The molecule has 0 amide bonds. The molecule has 0 radical (unpaired) electrons. The number of benzene rings is 2. The Labute approximate surface area is 165 Å². The van der Waals surface area contributed by atoms with E-state index in [4.69, 9.17) is 18.9 Å². The maximum Gasteiger partial charge on any atom is 0.280 e. The van der Waals surface area contributed by atoms with Gasteiger partial charge in [0, 0.05) is 6.07 Å². The number of methoxy groups -OCH3 is 2. The number of rotatable bonds is 10. The molecule has 0 heterocycles. The van der Waals surface area contributed by atoms with Crippen LogP contribution in [-0.2, 0) is 10.0 Å². The summed E-state index contributed by atoms with van der Waals surface area (Å²) in [6.07, 6.45) is 1.38. The lowest BCUT2D eigenvalue weighted by molar-refractivity contribution is 0.288. The van der Waals surface area contributed by atoms with Crippen molar-refractivity contribution in [2.75, 3.05) is 27.4 Å². The fourth-order valence-corrected chi connectivity index (χ4v) is 3.34. The molecule has 28 heavy (non-hydrogen) atoms. The van der Waals surface area contributed by atoms with Crippen molar-refractivity contribution in [3.63, 3.8) is 0 Å². The second-order valence-electron chi connectivity index (χ2n) is 5.44. The molecule has 0 unspecified atom stereocenters. The zero-order chi connectivity index (χ0) is 20.6. The lowest BCUT2D eigenvalue weighted by Gasteiger charge is -2.11. The number of ether oxygens (including phenoxy) is 4. The molecule has 9 heteroatoms. The summed E-state index contributed by atoms with van der Waals surface area (Å²) in [7, 11) is -1.11. The molecule has 1 N–H and O–H groups in total. The van der Waals surface area contributed by atoms with Crippen LogP contribution < -0.4 is 23.8 Å². The first kappa shape index (κ1) is 21.4. The zero-order valence-corrected chi connectivity index (χ0v) is 17.1. The molecule has 2 aromatic carbocycles. The van der Waals surface area contributed by atoms with E-state index in [-0.39, 0.29) is 10.6 Å². The van der Waals surface area contributed by atoms with Crippen LogP contribution >= 0.6 is 0 Å². The molecule has 2 aromatic rings. The fourth-order valence-electron chi connectivity index (χ4n) is 2.36. The van der Waals surface area contributed by atoms with Gasteiger partial charge in [-0.05, 0) is 49.7 Å². The first-order valence-electron chi connectivity index (χ1n) is 8.61. The summed E-state index contributed by atoms with van der Waals surface area (Å²) in [5, 5.41) is 3.84. The van der Waals surface area contributed by atoms with Gasteiger partial charge in [-0.25, -0.2) is 0 Å². The molecule has 0 atom stereocenters. The minimum Gasteiger partial charge on any atom is -0.497 e. The Balaban J connectivity index is 2.23. The van der Waals surface area contributed by atoms with Crippen LogP contribution in [0, 0.1) is 0 Å². The molecule has 0 fully saturated rings. The molecular weight excluding hydrogens is 384 g/mol. The van der Waals surface area contributed by atoms with Crippen LogP contribution in [0.1, 0.15) is 19.4 Å². The number of nitrogens with one attached hydrogen (secondary N) is 1. The normalized spacial score (nSPS) is 11.3. The van der Waals surface area contributed by atoms with Gasteiger partial charge in [-0.3, -0.25) is 0 Å². The SMILES string of the molecule is CCOc1ccc(C=NNS(=O)(=O)c2cc(OC)ccc2OC)cc1OCC. The molecular formula is C19H24N2O6S. The van der Waals surface area contributed by atoms with Crippen molar-refractivity contribution in [2.45, 2.75) is 18.7 Å². The summed E-state index contributed by atoms with van der Waals surface area (Å²) < 4.78 is 46.4. The molecule has 0 aliphatic rings. The standard InChI is InChI=1S/C19H24N2O6S/c1-5-26-16-9-7-14(11-18(16)27-6-2)13-20-21-28(22,23)19-12-15(24-3)8-10-17(19)25-4/h7-13,21H,5-6H2,1-4H3. The van der Waals surface area contributed by atoms with Crippen molar-refractivity contribution < 1.29 is 27.4 Å². The van der Waals surface area contributed by atoms with Crippen molar-refractivity contribution in [1.82, 2.24) is 4.83 Å². The summed E-state index contributed by atoms with van der Waals surface area (Å²) in [6.45, 7) is 4.73. The molecule has 0 aromatic heterocycles. The van der Waals surface area contributed by atoms with Gasteiger partial charge in [-0.2, -0.15) is 18.4 Å². The van der Waals surface area contributed by atoms with Crippen LogP contribution in [0.15, 0.2) is 46.4 Å². The van der Waals surface area contributed by atoms with E-state index in [9.17, 15) is 8.42 Å². The van der Waals surface area contributed by atoms with Crippen LogP contribution in [0.5, 0.6) is 23.0 Å². The number of nitrogens with zero attached hydrogens (tertiary/aromatic N) is 1. The monoisotopic (exact) mass is 408 g/mol. The molecule has 0 spiro atoms. The average molecular weight is 408 g/mol. The summed E-state index contributed by atoms with van der Waals surface area (Å²) in [4.78, 5) is 2.10. The Morgan fingerprint density at radius 2 is 1.61 bits per heavy atom. The summed E-state index contributed by atoms with van der Waals surface area (Å²) >= 11 is 0. The Kier molecular flexibility index (Phi) is 7.51. The van der Waals surface area contributed by atoms with Gasteiger partial charge < -0.3 is 18.9 Å². The maximum absolute atomic E-state index is 12.6. The molecule has 0 aliphatic heterocycles. The third kappa shape index (κ3) is 5.29. The lowest BCUT2D eigenvalue weighted by atomic mass is 10.2. The average Bonchev–Trinajstić information content (AvgIpc) is 2.69. The highest BCUT2D eigenvalue weighted by atomic mass is 32.2. The third-order valence-electron chi connectivity index (χ3n) is 3.61. The van der Waals surface area contributed by atoms with Gasteiger partial charge in [0.05, 0.1) is 33.6 Å². The summed E-state index contributed by atoms with van der Waals surface area (Å²) in [5.74, 6) is 1.75. The van der Waals surface area contributed by atoms with E-state index in [1.165, 1.54) is 32.6 Å². The van der Waals surface area contributed by atoms with Crippen molar-refractivity contribution in [3.05, 3.63) is 42.0 Å². The van der Waals surface area contributed by atoms with E-state index in [1.54, 1.807) is 24.3 Å². The highest BCUT2D eigenvalue weighted by Crippen LogP contribution is 2.29. The summed E-state index contributed by atoms with van der Waals surface area (Å²) in [6, 6.07) is 9.69. The van der Waals surface area contributed by atoms with Crippen LogP contribution in [0.2, 0.25) is 0 Å². The van der Waals surface area contributed by atoms with Gasteiger partial charge in [0.15, 0.2) is 11.5 Å². The van der Waals surface area contributed by atoms with Crippen LogP contribution in [-0.4, -0.2) is 42.1 Å². The molecule has 0 saturated heterocycles. The van der Waals surface area contributed by atoms with Gasteiger partial charge in [0.1, 0.15) is 16.4 Å². The quantitative estimate of drug-likeness (QED) is 0.480. The van der Waals surface area contributed by atoms with Crippen LogP contribution in [0.25, 0.3) is 0 Å². The number of hydrogen-bond acceptors (Lipinski definition) is 7. The smallest absolute Gasteiger partial charge is 0.280 e. The van der Waals surface area contributed by atoms with E-state index in [2.05, 4.69) is 9.93 Å². The van der Waals surface area contributed by atoms with Gasteiger partial charge in [-0.15, -0.1) is 0 Å². The Morgan fingerprint density at radius 3 is 2.25 bits per heavy atom. The highest BCUT2D eigenvalue weighted by Gasteiger charge is 2.20. The minimum atomic E-state index is -3.95. The number of hydrazone groups is 1. The lowest BCUT2D eigenvalue weighted by Crippen LogP contribution is -2.19. The van der Waals surface area contributed by atoms with E-state index < -0.39 is 10.0 Å².